The molecule has 5 heteroatoms. The van der Waals surface area contributed by atoms with E-state index in [0.717, 1.165) is 42.0 Å². The first-order chi connectivity index (χ1) is 15.7. The number of aromatic amines is 1. The molecule has 0 bridgehead atoms. The summed E-state index contributed by atoms with van der Waals surface area (Å²) in [5.41, 5.74) is 4.64. The lowest BCUT2D eigenvalue weighted by Gasteiger charge is -2.22. The SMILES string of the molecule is CCN1CCC[C@H]1CNC(=O)c1ccc(-c2cc(-c3cccc4ccccc34)[nH]n2)cc1. The number of rotatable bonds is 6. The molecule has 4 aromatic rings. The van der Waals surface area contributed by atoms with Gasteiger partial charge in [-0.05, 0) is 54.9 Å². The Bertz CT molecular complexity index is 1220. The average Bonchev–Trinajstić information content (AvgIpc) is 3.52. The number of amides is 1. The summed E-state index contributed by atoms with van der Waals surface area (Å²) in [6.45, 7) is 5.07. The standard InChI is InChI=1S/C27H28N4O/c1-2-31-16-6-9-22(31)18-28-27(32)21-14-12-20(13-15-21)25-17-26(30-29-25)24-11-5-8-19-7-3-4-10-23(19)24/h3-5,7-8,10-15,17,22H,2,6,9,16,18H2,1H3,(H,28,32)(H,29,30)/t22-/m0/s1. The molecular formula is C27H28N4O. The number of carbonyl (C=O) groups excluding carboxylic acids is 1. The number of benzene rings is 3. The molecule has 1 amide bonds. The topological polar surface area (TPSA) is 61.0 Å². The molecule has 5 rings (SSSR count). The first-order valence-corrected chi connectivity index (χ1v) is 11.4. The molecule has 0 unspecified atom stereocenters. The maximum absolute atomic E-state index is 12.6. The minimum Gasteiger partial charge on any atom is -0.350 e. The van der Waals surface area contributed by atoms with Gasteiger partial charge in [0.2, 0.25) is 0 Å². The highest BCUT2D eigenvalue weighted by Crippen LogP contribution is 2.30. The van der Waals surface area contributed by atoms with Crippen LogP contribution in [0.15, 0.2) is 72.8 Å². The van der Waals surface area contributed by atoms with E-state index in [1.165, 1.54) is 17.2 Å². The number of hydrogen-bond donors (Lipinski definition) is 2. The summed E-state index contributed by atoms with van der Waals surface area (Å²) in [6.07, 6.45) is 2.37. The molecule has 5 nitrogen and oxygen atoms in total. The summed E-state index contributed by atoms with van der Waals surface area (Å²) < 4.78 is 0. The van der Waals surface area contributed by atoms with Crippen LogP contribution < -0.4 is 5.32 Å². The highest BCUT2D eigenvalue weighted by Gasteiger charge is 2.23. The van der Waals surface area contributed by atoms with Gasteiger partial charge in [-0.3, -0.25) is 14.8 Å². The zero-order valence-corrected chi connectivity index (χ0v) is 18.3. The fourth-order valence-electron chi connectivity index (χ4n) is 4.72. The third-order valence-electron chi connectivity index (χ3n) is 6.50. The molecule has 1 saturated heterocycles. The van der Waals surface area contributed by atoms with E-state index < -0.39 is 0 Å². The van der Waals surface area contributed by atoms with Gasteiger partial charge in [-0.25, -0.2) is 0 Å². The van der Waals surface area contributed by atoms with E-state index in [9.17, 15) is 4.79 Å². The van der Waals surface area contributed by atoms with Crippen molar-refractivity contribution in [1.82, 2.24) is 20.4 Å². The van der Waals surface area contributed by atoms with E-state index in [4.69, 9.17) is 0 Å². The maximum atomic E-state index is 12.6. The van der Waals surface area contributed by atoms with Crippen LogP contribution in [0.3, 0.4) is 0 Å². The Morgan fingerprint density at radius 2 is 1.91 bits per heavy atom. The first kappa shape index (κ1) is 20.5. The lowest BCUT2D eigenvalue weighted by atomic mass is 10.0. The van der Waals surface area contributed by atoms with Crippen molar-refractivity contribution in [3.63, 3.8) is 0 Å². The van der Waals surface area contributed by atoms with E-state index in [2.05, 4.69) is 75.9 Å². The molecule has 1 fully saturated rings. The van der Waals surface area contributed by atoms with Crippen LogP contribution >= 0.6 is 0 Å². The quantitative estimate of drug-likeness (QED) is 0.452. The van der Waals surface area contributed by atoms with Crippen molar-refractivity contribution in [2.24, 2.45) is 0 Å². The van der Waals surface area contributed by atoms with Crippen LogP contribution in [0, 0.1) is 0 Å². The number of carbonyl (C=O) groups is 1. The summed E-state index contributed by atoms with van der Waals surface area (Å²) in [4.78, 5) is 15.0. The zero-order chi connectivity index (χ0) is 21.9. The third-order valence-corrected chi connectivity index (χ3v) is 6.50. The number of likely N-dealkylation sites (N-methyl/N-ethyl adjacent to an activating group) is 1. The van der Waals surface area contributed by atoms with Crippen LogP contribution in [0.5, 0.6) is 0 Å². The molecule has 2 N–H and O–H groups in total. The van der Waals surface area contributed by atoms with Crippen molar-refractivity contribution in [2.45, 2.75) is 25.8 Å². The van der Waals surface area contributed by atoms with Crippen molar-refractivity contribution >= 4 is 16.7 Å². The Kier molecular flexibility index (Phi) is 5.73. The minimum atomic E-state index is -0.0158. The molecular weight excluding hydrogens is 396 g/mol. The minimum absolute atomic E-state index is 0.0158. The van der Waals surface area contributed by atoms with Crippen LogP contribution in [-0.4, -0.2) is 46.7 Å². The summed E-state index contributed by atoms with van der Waals surface area (Å²) in [6, 6.07) is 24.9. The monoisotopic (exact) mass is 424 g/mol. The number of hydrogen-bond acceptors (Lipinski definition) is 3. The Balaban J connectivity index is 1.29. The van der Waals surface area contributed by atoms with Gasteiger partial charge >= 0.3 is 0 Å². The van der Waals surface area contributed by atoms with Crippen molar-refractivity contribution in [3.8, 4) is 22.5 Å². The predicted molar refractivity (Wildman–Crippen MR) is 130 cm³/mol. The van der Waals surface area contributed by atoms with Crippen molar-refractivity contribution in [3.05, 3.63) is 78.4 Å². The molecule has 1 aliphatic rings. The van der Waals surface area contributed by atoms with Crippen LogP contribution in [0.1, 0.15) is 30.1 Å². The van der Waals surface area contributed by atoms with Crippen molar-refractivity contribution in [1.29, 1.82) is 0 Å². The molecule has 0 saturated carbocycles. The summed E-state index contributed by atoms with van der Waals surface area (Å²) in [5.74, 6) is -0.0158. The fourth-order valence-corrected chi connectivity index (χ4v) is 4.72. The van der Waals surface area contributed by atoms with E-state index in [1.807, 2.05) is 24.3 Å². The van der Waals surface area contributed by atoms with Gasteiger partial charge in [0.1, 0.15) is 0 Å². The molecule has 2 heterocycles. The molecule has 32 heavy (non-hydrogen) atoms. The molecule has 0 spiro atoms. The van der Waals surface area contributed by atoms with Gasteiger partial charge in [0.15, 0.2) is 0 Å². The van der Waals surface area contributed by atoms with E-state index in [1.54, 1.807) is 0 Å². The van der Waals surface area contributed by atoms with Gasteiger partial charge in [0, 0.05) is 29.3 Å². The Morgan fingerprint density at radius 1 is 1.09 bits per heavy atom. The second-order valence-electron chi connectivity index (χ2n) is 8.41. The maximum Gasteiger partial charge on any atom is 0.251 e. The molecule has 0 radical (unpaired) electrons. The van der Waals surface area contributed by atoms with Gasteiger partial charge in [-0.1, -0.05) is 61.5 Å². The first-order valence-electron chi connectivity index (χ1n) is 11.4. The van der Waals surface area contributed by atoms with Crippen molar-refractivity contribution < 1.29 is 4.79 Å². The second-order valence-corrected chi connectivity index (χ2v) is 8.41. The Hall–Kier alpha value is -3.44. The van der Waals surface area contributed by atoms with Crippen LogP contribution in [-0.2, 0) is 0 Å². The number of nitrogens with zero attached hydrogens (tertiary/aromatic N) is 2. The van der Waals surface area contributed by atoms with Crippen LogP contribution in [0.2, 0.25) is 0 Å². The van der Waals surface area contributed by atoms with Gasteiger partial charge < -0.3 is 5.32 Å². The average molecular weight is 425 g/mol. The van der Waals surface area contributed by atoms with Crippen LogP contribution in [0.25, 0.3) is 33.3 Å². The normalized spacial score (nSPS) is 16.5. The lowest BCUT2D eigenvalue weighted by Crippen LogP contribution is -2.40. The predicted octanol–water partition coefficient (Wildman–Crippen LogP) is 5.11. The van der Waals surface area contributed by atoms with Gasteiger partial charge in [-0.2, -0.15) is 5.10 Å². The van der Waals surface area contributed by atoms with Gasteiger partial charge in [-0.15, -0.1) is 0 Å². The summed E-state index contributed by atoms with van der Waals surface area (Å²) in [5, 5.41) is 13.2. The van der Waals surface area contributed by atoms with Gasteiger partial charge in [0.05, 0.1) is 11.4 Å². The Morgan fingerprint density at radius 3 is 2.75 bits per heavy atom. The molecule has 1 atom stereocenters. The van der Waals surface area contributed by atoms with Crippen molar-refractivity contribution in [2.75, 3.05) is 19.6 Å². The summed E-state index contributed by atoms with van der Waals surface area (Å²) >= 11 is 0. The number of aromatic nitrogens is 2. The molecule has 3 aromatic carbocycles. The highest BCUT2D eigenvalue weighted by atomic mass is 16.1. The lowest BCUT2D eigenvalue weighted by molar-refractivity contribution is 0.0941. The molecule has 1 aliphatic heterocycles. The van der Waals surface area contributed by atoms with E-state index in [0.29, 0.717) is 18.2 Å². The number of likely N-dealkylation sites (tertiary alicyclic amines) is 1. The Labute approximate surface area is 188 Å². The van der Waals surface area contributed by atoms with Crippen LogP contribution in [0.4, 0.5) is 0 Å². The fraction of sp³-hybridized carbons (Fsp3) is 0.259. The molecule has 1 aromatic heterocycles. The second kappa shape index (κ2) is 8.97. The molecule has 0 aliphatic carbocycles. The van der Waals surface area contributed by atoms with E-state index >= 15 is 0 Å². The van der Waals surface area contributed by atoms with E-state index in [-0.39, 0.29) is 5.91 Å². The number of fused-ring (bicyclic) bond motifs is 1. The third kappa shape index (κ3) is 4.04. The summed E-state index contributed by atoms with van der Waals surface area (Å²) in [7, 11) is 0. The van der Waals surface area contributed by atoms with Gasteiger partial charge in [0.25, 0.3) is 5.91 Å². The number of nitrogens with one attached hydrogen (secondary N) is 2. The largest absolute Gasteiger partial charge is 0.350 e. The molecule has 162 valence electrons. The smallest absolute Gasteiger partial charge is 0.251 e. The highest BCUT2D eigenvalue weighted by molar-refractivity contribution is 5.96. The number of H-pyrrole nitrogens is 1. The zero-order valence-electron chi connectivity index (χ0n) is 18.3.